The van der Waals surface area contributed by atoms with E-state index in [4.69, 9.17) is 5.11 Å². The molecule has 0 aliphatic carbocycles. The van der Waals surface area contributed by atoms with Gasteiger partial charge in [0.05, 0.1) is 13.0 Å². The summed E-state index contributed by atoms with van der Waals surface area (Å²) in [4.78, 5) is 22.6. The number of amides is 1. The molecule has 0 atom stereocenters. The van der Waals surface area contributed by atoms with Gasteiger partial charge in [-0.2, -0.15) is 5.10 Å². The van der Waals surface area contributed by atoms with Gasteiger partial charge >= 0.3 is 5.97 Å². The van der Waals surface area contributed by atoms with Crippen LogP contribution in [0.2, 0.25) is 0 Å². The zero-order chi connectivity index (χ0) is 15.2. The fraction of sp³-hybridized carbons (Fsp3) is 0.267. The number of hydrogen-bond donors (Lipinski definition) is 2. The summed E-state index contributed by atoms with van der Waals surface area (Å²) in [6, 6.07) is 9.17. The van der Waals surface area contributed by atoms with Crippen LogP contribution in [0.25, 0.3) is 0 Å². The van der Waals surface area contributed by atoms with Crippen molar-refractivity contribution < 1.29 is 14.7 Å². The third-order valence-corrected chi connectivity index (χ3v) is 3.07. The maximum atomic E-state index is 12.1. The Bertz CT molecular complexity index is 649. The first kappa shape index (κ1) is 14.8. The molecule has 0 aliphatic rings. The van der Waals surface area contributed by atoms with Gasteiger partial charge in [0.1, 0.15) is 0 Å². The van der Waals surface area contributed by atoms with E-state index in [0.717, 1.165) is 17.7 Å². The van der Waals surface area contributed by atoms with Gasteiger partial charge in [-0.15, -0.1) is 0 Å². The van der Waals surface area contributed by atoms with Crippen molar-refractivity contribution in [3.8, 4) is 0 Å². The molecule has 110 valence electrons. The van der Waals surface area contributed by atoms with E-state index in [1.165, 1.54) is 4.68 Å². The summed E-state index contributed by atoms with van der Waals surface area (Å²) in [5, 5.41) is 15.5. The van der Waals surface area contributed by atoms with Gasteiger partial charge in [-0.3, -0.25) is 14.3 Å². The Morgan fingerprint density at radius 3 is 2.76 bits per heavy atom. The SMILES string of the molecule is CCc1ccccc1NC(=O)c1ccn(CCC(=O)O)n1. The largest absolute Gasteiger partial charge is 0.481 e. The summed E-state index contributed by atoms with van der Waals surface area (Å²) < 4.78 is 1.45. The number of carboxylic acids is 1. The lowest BCUT2D eigenvalue weighted by molar-refractivity contribution is -0.137. The molecule has 1 aromatic carbocycles. The van der Waals surface area contributed by atoms with Crippen LogP contribution in [-0.2, 0) is 17.8 Å². The second-order valence-electron chi connectivity index (χ2n) is 4.57. The second kappa shape index (κ2) is 6.69. The molecule has 0 bridgehead atoms. The minimum absolute atomic E-state index is 0.0264. The number of aliphatic carboxylic acids is 1. The van der Waals surface area contributed by atoms with Gasteiger partial charge in [-0.1, -0.05) is 25.1 Å². The third kappa shape index (κ3) is 3.92. The van der Waals surface area contributed by atoms with Gasteiger partial charge in [0.15, 0.2) is 5.69 Å². The van der Waals surface area contributed by atoms with E-state index in [0.29, 0.717) is 0 Å². The van der Waals surface area contributed by atoms with Crippen LogP contribution in [0, 0.1) is 0 Å². The fourth-order valence-corrected chi connectivity index (χ4v) is 1.95. The van der Waals surface area contributed by atoms with Crippen LogP contribution in [0.15, 0.2) is 36.5 Å². The number of aromatic nitrogens is 2. The molecule has 0 fully saturated rings. The number of rotatable bonds is 6. The molecule has 2 aromatic rings. The number of carbonyl (C=O) groups excluding carboxylic acids is 1. The van der Waals surface area contributed by atoms with E-state index in [2.05, 4.69) is 10.4 Å². The van der Waals surface area contributed by atoms with Crippen molar-refractivity contribution in [2.24, 2.45) is 0 Å². The van der Waals surface area contributed by atoms with Crippen LogP contribution < -0.4 is 5.32 Å². The van der Waals surface area contributed by atoms with Gasteiger partial charge in [0, 0.05) is 11.9 Å². The highest BCUT2D eigenvalue weighted by atomic mass is 16.4. The first-order valence-corrected chi connectivity index (χ1v) is 6.74. The fourth-order valence-electron chi connectivity index (χ4n) is 1.95. The normalized spacial score (nSPS) is 10.3. The van der Waals surface area contributed by atoms with Crippen LogP contribution in [-0.4, -0.2) is 26.8 Å². The summed E-state index contributed by atoms with van der Waals surface area (Å²) in [5.41, 5.74) is 2.09. The highest BCUT2D eigenvalue weighted by Gasteiger charge is 2.11. The molecule has 0 saturated heterocycles. The van der Waals surface area contributed by atoms with Gasteiger partial charge in [0.2, 0.25) is 0 Å². The number of nitrogens with one attached hydrogen (secondary N) is 1. The minimum atomic E-state index is -0.895. The quantitative estimate of drug-likeness (QED) is 0.852. The Labute approximate surface area is 122 Å². The molecule has 0 spiro atoms. The molecule has 0 aliphatic heterocycles. The molecule has 1 heterocycles. The summed E-state index contributed by atoms with van der Waals surface area (Å²) in [6.45, 7) is 2.26. The average molecular weight is 287 g/mol. The summed E-state index contributed by atoms with van der Waals surface area (Å²) in [5.74, 6) is -1.20. The van der Waals surface area contributed by atoms with Gasteiger partial charge in [-0.25, -0.2) is 0 Å². The standard InChI is InChI=1S/C15H17N3O3/c1-2-11-5-3-4-6-12(11)16-15(21)13-7-9-18(17-13)10-8-14(19)20/h3-7,9H,2,8,10H2,1H3,(H,16,21)(H,19,20). The van der Waals surface area contributed by atoms with E-state index in [1.807, 2.05) is 31.2 Å². The maximum absolute atomic E-state index is 12.1. The number of carbonyl (C=O) groups is 2. The number of para-hydroxylation sites is 1. The Kier molecular flexibility index (Phi) is 4.71. The number of anilines is 1. The summed E-state index contributed by atoms with van der Waals surface area (Å²) in [7, 11) is 0. The van der Waals surface area contributed by atoms with E-state index in [1.54, 1.807) is 12.3 Å². The lowest BCUT2D eigenvalue weighted by Crippen LogP contribution is -2.15. The highest BCUT2D eigenvalue weighted by Crippen LogP contribution is 2.16. The molecule has 21 heavy (non-hydrogen) atoms. The first-order valence-electron chi connectivity index (χ1n) is 6.74. The van der Waals surface area contributed by atoms with Crippen LogP contribution in [0.5, 0.6) is 0 Å². The number of nitrogens with zero attached hydrogens (tertiary/aromatic N) is 2. The van der Waals surface area contributed by atoms with E-state index in [-0.39, 0.29) is 24.6 Å². The molecular formula is C15H17N3O3. The number of aryl methyl sites for hydroxylation is 2. The highest BCUT2D eigenvalue weighted by molar-refractivity contribution is 6.03. The smallest absolute Gasteiger partial charge is 0.305 e. The van der Waals surface area contributed by atoms with Crippen LogP contribution in [0.1, 0.15) is 29.4 Å². The summed E-state index contributed by atoms with van der Waals surface area (Å²) >= 11 is 0. The first-order chi connectivity index (χ1) is 10.1. The van der Waals surface area contributed by atoms with Crippen molar-refractivity contribution in [2.45, 2.75) is 26.3 Å². The van der Waals surface area contributed by atoms with Crippen molar-refractivity contribution in [3.05, 3.63) is 47.8 Å². The molecule has 2 N–H and O–H groups in total. The zero-order valence-electron chi connectivity index (χ0n) is 11.7. The van der Waals surface area contributed by atoms with Crippen LogP contribution in [0.3, 0.4) is 0 Å². The summed E-state index contributed by atoms with van der Waals surface area (Å²) in [6.07, 6.45) is 2.40. The van der Waals surface area contributed by atoms with E-state index in [9.17, 15) is 9.59 Å². The van der Waals surface area contributed by atoms with Crippen LogP contribution >= 0.6 is 0 Å². The van der Waals surface area contributed by atoms with E-state index < -0.39 is 5.97 Å². The Balaban J connectivity index is 2.05. The van der Waals surface area contributed by atoms with E-state index >= 15 is 0 Å². The number of carboxylic acid groups (broad SMARTS) is 1. The monoisotopic (exact) mass is 287 g/mol. The molecule has 6 nitrogen and oxygen atoms in total. The van der Waals surface area contributed by atoms with Crippen molar-refractivity contribution in [3.63, 3.8) is 0 Å². The number of hydrogen-bond acceptors (Lipinski definition) is 3. The minimum Gasteiger partial charge on any atom is -0.481 e. The molecular weight excluding hydrogens is 270 g/mol. The lowest BCUT2D eigenvalue weighted by Gasteiger charge is -2.08. The average Bonchev–Trinajstić information content (AvgIpc) is 2.94. The van der Waals surface area contributed by atoms with Gasteiger partial charge in [0.25, 0.3) is 5.91 Å². The lowest BCUT2D eigenvalue weighted by atomic mass is 10.1. The molecule has 0 saturated carbocycles. The molecule has 1 amide bonds. The Morgan fingerprint density at radius 1 is 1.29 bits per heavy atom. The number of benzene rings is 1. The Hall–Kier alpha value is -2.63. The van der Waals surface area contributed by atoms with Gasteiger partial charge < -0.3 is 10.4 Å². The second-order valence-corrected chi connectivity index (χ2v) is 4.57. The van der Waals surface area contributed by atoms with Crippen molar-refractivity contribution in [1.82, 2.24) is 9.78 Å². The topological polar surface area (TPSA) is 84.2 Å². The maximum Gasteiger partial charge on any atom is 0.305 e. The third-order valence-electron chi connectivity index (χ3n) is 3.07. The molecule has 0 unspecified atom stereocenters. The van der Waals surface area contributed by atoms with Crippen LogP contribution in [0.4, 0.5) is 5.69 Å². The predicted octanol–water partition coefficient (Wildman–Crippen LogP) is 2.17. The predicted molar refractivity (Wildman–Crippen MR) is 78.3 cm³/mol. The molecule has 6 heteroatoms. The molecule has 0 radical (unpaired) electrons. The van der Waals surface area contributed by atoms with Gasteiger partial charge in [-0.05, 0) is 24.1 Å². The van der Waals surface area contributed by atoms with Crippen molar-refractivity contribution in [1.29, 1.82) is 0 Å². The molecule has 1 aromatic heterocycles. The Morgan fingerprint density at radius 2 is 2.05 bits per heavy atom. The molecule has 2 rings (SSSR count). The van der Waals surface area contributed by atoms with Crippen molar-refractivity contribution >= 4 is 17.6 Å². The van der Waals surface area contributed by atoms with Crippen molar-refractivity contribution in [2.75, 3.05) is 5.32 Å². The zero-order valence-corrected chi connectivity index (χ0v) is 11.7.